The number of hydrogen-bond acceptors (Lipinski definition) is 3. The molecule has 0 N–H and O–H groups in total. The van der Waals surface area contributed by atoms with Crippen LogP contribution in [-0.4, -0.2) is 12.1 Å². The highest BCUT2D eigenvalue weighted by Gasteiger charge is 2.30. The van der Waals surface area contributed by atoms with E-state index >= 15 is 0 Å². The number of allylic oxidation sites excluding steroid dienone is 4. The van der Waals surface area contributed by atoms with Crippen molar-refractivity contribution in [1.82, 2.24) is 0 Å². The summed E-state index contributed by atoms with van der Waals surface area (Å²) in [6.45, 7) is 2.21. The second-order valence-electron chi connectivity index (χ2n) is 9.75. The molecule has 0 bridgehead atoms. The van der Waals surface area contributed by atoms with Crippen LogP contribution in [0.15, 0.2) is 48.3 Å². The van der Waals surface area contributed by atoms with Gasteiger partial charge in [-0.05, 0) is 99.7 Å². The highest BCUT2D eigenvalue weighted by atomic mass is 19.1. The van der Waals surface area contributed by atoms with Gasteiger partial charge in [0.2, 0.25) is 0 Å². The molecule has 0 aromatic heterocycles. The standard InChI is InChI=1S/C29H38FNO2/c1-2-6-22-9-13-24(14-10-22)25-17-19-28(20-18-25)33-29(32)26-15-11-23(12-16-26)7-4-3-5-8-27(30)21-31/h3,5,8-10,13-14,23,25-26,28H,2,4,6-7,11-12,15-20H2,1H3. The van der Waals surface area contributed by atoms with E-state index in [9.17, 15) is 9.18 Å². The van der Waals surface area contributed by atoms with Crippen LogP contribution in [-0.2, 0) is 16.0 Å². The number of carbonyl (C=O) groups is 1. The summed E-state index contributed by atoms with van der Waals surface area (Å²) in [6.07, 6.45) is 17.1. The molecule has 3 nitrogen and oxygen atoms in total. The Morgan fingerprint density at radius 2 is 1.79 bits per heavy atom. The zero-order chi connectivity index (χ0) is 23.5. The Morgan fingerprint density at radius 3 is 2.42 bits per heavy atom. The van der Waals surface area contributed by atoms with Gasteiger partial charge in [-0.25, -0.2) is 0 Å². The molecule has 1 aromatic carbocycles. The molecule has 0 amide bonds. The molecule has 0 unspecified atom stereocenters. The molecule has 0 heterocycles. The Labute approximate surface area is 198 Å². The Morgan fingerprint density at radius 1 is 1.09 bits per heavy atom. The number of carbonyl (C=O) groups excluding carboxylic acids is 1. The third kappa shape index (κ3) is 8.14. The minimum Gasteiger partial charge on any atom is -0.462 e. The van der Waals surface area contributed by atoms with Crippen LogP contribution in [0.25, 0.3) is 0 Å². The van der Waals surface area contributed by atoms with Gasteiger partial charge >= 0.3 is 5.97 Å². The van der Waals surface area contributed by atoms with Crippen molar-refractivity contribution in [3.05, 3.63) is 59.4 Å². The Bertz CT molecular complexity index is 835. The highest BCUT2D eigenvalue weighted by Crippen LogP contribution is 2.36. The molecule has 0 aliphatic heterocycles. The molecule has 0 atom stereocenters. The summed E-state index contributed by atoms with van der Waals surface area (Å²) in [4.78, 5) is 12.7. The quantitative estimate of drug-likeness (QED) is 0.219. The van der Waals surface area contributed by atoms with Gasteiger partial charge < -0.3 is 4.74 Å². The zero-order valence-electron chi connectivity index (χ0n) is 20.0. The van der Waals surface area contributed by atoms with Crippen LogP contribution in [0.4, 0.5) is 4.39 Å². The number of hydrogen-bond donors (Lipinski definition) is 0. The van der Waals surface area contributed by atoms with Gasteiger partial charge in [-0.15, -0.1) is 0 Å². The first-order valence-electron chi connectivity index (χ1n) is 12.8. The van der Waals surface area contributed by atoms with E-state index in [1.165, 1.54) is 29.7 Å². The molecule has 2 saturated carbocycles. The van der Waals surface area contributed by atoms with Gasteiger partial charge in [0.05, 0.1) is 5.92 Å². The predicted molar refractivity (Wildman–Crippen MR) is 130 cm³/mol. The number of ether oxygens (including phenoxy) is 1. The van der Waals surface area contributed by atoms with Gasteiger partial charge in [-0.2, -0.15) is 9.65 Å². The van der Waals surface area contributed by atoms with Crippen LogP contribution in [0.2, 0.25) is 0 Å². The van der Waals surface area contributed by atoms with Gasteiger partial charge in [-0.3, -0.25) is 4.79 Å². The number of nitrogens with zero attached hydrogens (tertiary/aromatic N) is 1. The Kier molecular flexibility index (Phi) is 10.2. The molecular formula is C29H38FNO2. The van der Waals surface area contributed by atoms with E-state index < -0.39 is 5.83 Å². The van der Waals surface area contributed by atoms with Gasteiger partial charge in [-0.1, -0.05) is 49.8 Å². The summed E-state index contributed by atoms with van der Waals surface area (Å²) in [7, 11) is 0. The maximum absolute atomic E-state index is 12.7. The van der Waals surface area contributed by atoms with E-state index in [-0.39, 0.29) is 18.0 Å². The highest BCUT2D eigenvalue weighted by molar-refractivity contribution is 5.72. The van der Waals surface area contributed by atoms with E-state index in [2.05, 4.69) is 31.2 Å². The number of esters is 1. The lowest BCUT2D eigenvalue weighted by atomic mass is 9.79. The lowest BCUT2D eigenvalue weighted by molar-refractivity contribution is -0.157. The predicted octanol–water partition coefficient (Wildman–Crippen LogP) is 7.73. The maximum Gasteiger partial charge on any atom is 0.309 e. The second-order valence-corrected chi connectivity index (χ2v) is 9.75. The minimum absolute atomic E-state index is 0.0119. The molecule has 4 heteroatoms. The third-order valence-electron chi connectivity index (χ3n) is 7.35. The number of benzene rings is 1. The average molecular weight is 452 g/mol. The summed E-state index contributed by atoms with van der Waals surface area (Å²) in [5.74, 6) is 0.501. The summed E-state index contributed by atoms with van der Waals surface area (Å²) in [5.41, 5.74) is 2.84. The fraction of sp³-hybridized carbons (Fsp3) is 0.586. The molecule has 1 aromatic rings. The molecule has 178 valence electrons. The van der Waals surface area contributed by atoms with Gasteiger partial charge in [0.15, 0.2) is 5.83 Å². The maximum atomic E-state index is 12.7. The summed E-state index contributed by atoms with van der Waals surface area (Å²) >= 11 is 0. The summed E-state index contributed by atoms with van der Waals surface area (Å²) < 4.78 is 18.7. The van der Waals surface area contributed by atoms with Crippen LogP contribution in [0, 0.1) is 23.2 Å². The van der Waals surface area contributed by atoms with Crippen molar-refractivity contribution in [2.75, 3.05) is 0 Å². The molecule has 2 aliphatic carbocycles. The molecule has 0 spiro atoms. The van der Waals surface area contributed by atoms with E-state index in [1.807, 2.05) is 6.08 Å². The largest absolute Gasteiger partial charge is 0.462 e. The molecule has 0 radical (unpaired) electrons. The first-order chi connectivity index (χ1) is 16.1. The number of aryl methyl sites for hydroxylation is 1. The van der Waals surface area contributed by atoms with E-state index in [1.54, 1.807) is 6.08 Å². The van der Waals surface area contributed by atoms with Crippen molar-refractivity contribution in [2.45, 2.75) is 96.0 Å². The fourth-order valence-corrected chi connectivity index (χ4v) is 5.32. The van der Waals surface area contributed by atoms with Crippen molar-refractivity contribution in [2.24, 2.45) is 11.8 Å². The number of nitriles is 1. The molecule has 2 aliphatic rings. The van der Waals surface area contributed by atoms with E-state index in [0.717, 1.165) is 70.6 Å². The normalized spacial score (nSPS) is 26.2. The summed E-state index contributed by atoms with van der Waals surface area (Å²) in [5, 5.41) is 8.39. The van der Waals surface area contributed by atoms with Crippen molar-refractivity contribution in [1.29, 1.82) is 5.26 Å². The smallest absolute Gasteiger partial charge is 0.309 e. The van der Waals surface area contributed by atoms with Crippen molar-refractivity contribution in [3.8, 4) is 6.07 Å². The van der Waals surface area contributed by atoms with Crippen molar-refractivity contribution in [3.63, 3.8) is 0 Å². The van der Waals surface area contributed by atoms with Gasteiger partial charge in [0.25, 0.3) is 0 Å². The summed E-state index contributed by atoms with van der Waals surface area (Å²) in [6, 6.07) is 10.6. The first-order valence-corrected chi connectivity index (χ1v) is 12.8. The van der Waals surface area contributed by atoms with Crippen LogP contribution in [0.3, 0.4) is 0 Å². The molecule has 33 heavy (non-hydrogen) atoms. The van der Waals surface area contributed by atoms with Crippen molar-refractivity contribution >= 4 is 5.97 Å². The molecular weight excluding hydrogens is 413 g/mol. The minimum atomic E-state index is -0.764. The monoisotopic (exact) mass is 451 g/mol. The third-order valence-corrected chi connectivity index (χ3v) is 7.35. The second kappa shape index (κ2) is 13.3. The van der Waals surface area contributed by atoms with Crippen LogP contribution in [0.5, 0.6) is 0 Å². The first kappa shape index (κ1) is 25.2. The SMILES string of the molecule is CCCc1ccc(C2CCC(OC(=O)C3CCC(CCC=CC=C(F)C#N)CC3)CC2)cc1. The fourth-order valence-electron chi connectivity index (χ4n) is 5.32. The van der Waals surface area contributed by atoms with Gasteiger partial charge in [0, 0.05) is 0 Å². The van der Waals surface area contributed by atoms with Gasteiger partial charge in [0.1, 0.15) is 12.2 Å². The Balaban J connectivity index is 1.33. The van der Waals surface area contributed by atoms with E-state index in [4.69, 9.17) is 10.00 Å². The number of rotatable bonds is 9. The average Bonchev–Trinajstić information content (AvgIpc) is 2.85. The molecule has 2 fully saturated rings. The topological polar surface area (TPSA) is 50.1 Å². The molecule has 0 saturated heterocycles. The Hall–Kier alpha value is -2.41. The zero-order valence-corrected chi connectivity index (χ0v) is 20.0. The van der Waals surface area contributed by atoms with Crippen LogP contribution >= 0.6 is 0 Å². The lowest BCUT2D eigenvalue weighted by Gasteiger charge is -2.31. The molecule has 3 rings (SSSR count). The van der Waals surface area contributed by atoms with Crippen molar-refractivity contribution < 1.29 is 13.9 Å². The van der Waals surface area contributed by atoms with Crippen LogP contribution < -0.4 is 0 Å². The van der Waals surface area contributed by atoms with Crippen LogP contribution in [0.1, 0.15) is 94.6 Å². The lowest BCUT2D eigenvalue weighted by Crippen LogP contribution is -2.29. The van der Waals surface area contributed by atoms with E-state index in [0.29, 0.717) is 11.8 Å². The number of halogens is 1.